The Morgan fingerprint density at radius 2 is 1.71 bits per heavy atom. The van der Waals surface area contributed by atoms with Crippen LogP contribution in [0.4, 0.5) is 9.59 Å². The number of amides is 4. The number of carboxylic acid groups (broad SMARTS) is 1. The number of fused-ring (bicyclic) bond motifs is 1. The van der Waals surface area contributed by atoms with Crippen molar-refractivity contribution < 1.29 is 28.7 Å². The van der Waals surface area contributed by atoms with Crippen molar-refractivity contribution in [2.45, 2.75) is 19.0 Å². The first-order valence-corrected chi connectivity index (χ1v) is 9.71. The maximum atomic E-state index is 12.5. The lowest BCUT2D eigenvalue weighted by atomic mass is 10.0. The first kappa shape index (κ1) is 20.4. The largest absolute Gasteiger partial charge is 0.479 e. The molecule has 1 heterocycles. The van der Waals surface area contributed by atoms with Crippen molar-refractivity contribution in [3.63, 3.8) is 0 Å². The molecule has 1 aliphatic heterocycles. The average molecular weight is 420 g/mol. The number of carbonyl (C=O) groups excluding carboxylic acids is 2. The minimum atomic E-state index is -1.56. The van der Waals surface area contributed by atoms with E-state index in [1.54, 1.807) is 24.3 Å². The molecule has 4 amide bonds. The molecular weight excluding hydrogens is 398 g/mol. The molecular formula is C23H22N3O5+. The zero-order valence-electron chi connectivity index (χ0n) is 16.9. The maximum Gasteiger partial charge on any atom is 0.427 e. The summed E-state index contributed by atoms with van der Waals surface area (Å²) in [5.41, 5.74) is 4.61. The molecule has 3 aromatic carbocycles. The second kappa shape index (κ2) is 7.41. The average Bonchev–Trinajstić information content (AvgIpc) is 3.01. The van der Waals surface area contributed by atoms with Crippen LogP contribution in [0, 0.1) is 0 Å². The highest BCUT2D eigenvalue weighted by atomic mass is 16.5. The van der Waals surface area contributed by atoms with Crippen LogP contribution in [0.25, 0.3) is 10.8 Å². The SMILES string of the molecule is C[C@]1(C(=O)O)C[N+](Cc2ccc(Oc3ccc4ccccc4c3)cc2)(C(N)=O)C(=O)N1. The highest BCUT2D eigenvalue weighted by molar-refractivity contribution is 5.91. The smallest absolute Gasteiger partial charge is 0.427 e. The zero-order valence-corrected chi connectivity index (χ0v) is 16.9. The van der Waals surface area contributed by atoms with Crippen molar-refractivity contribution in [3.8, 4) is 11.5 Å². The quantitative estimate of drug-likeness (QED) is 0.545. The number of imide groups is 1. The fraction of sp³-hybridized carbons (Fsp3) is 0.174. The number of nitrogens with one attached hydrogen (secondary N) is 1. The number of nitrogens with zero attached hydrogens (tertiary/aromatic N) is 1. The molecule has 0 spiro atoms. The summed E-state index contributed by atoms with van der Waals surface area (Å²) < 4.78 is 5.10. The van der Waals surface area contributed by atoms with Crippen molar-refractivity contribution in [3.05, 3.63) is 72.3 Å². The Labute approximate surface area is 178 Å². The number of nitrogens with two attached hydrogens (primary N) is 1. The highest BCUT2D eigenvalue weighted by Gasteiger charge is 2.60. The zero-order chi connectivity index (χ0) is 22.2. The first-order valence-electron chi connectivity index (χ1n) is 9.71. The van der Waals surface area contributed by atoms with Crippen LogP contribution in [-0.4, -0.2) is 39.7 Å². The molecule has 0 aromatic heterocycles. The lowest BCUT2D eigenvalue weighted by Crippen LogP contribution is -2.57. The minimum Gasteiger partial charge on any atom is -0.479 e. The number of carbonyl (C=O) groups is 3. The summed E-state index contributed by atoms with van der Waals surface area (Å²) in [6.45, 7) is 1.03. The molecule has 8 heteroatoms. The van der Waals surface area contributed by atoms with Crippen molar-refractivity contribution in [1.29, 1.82) is 0 Å². The highest BCUT2D eigenvalue weighted by Crippen LogP contribution is 2.29. The Balaban J connectivity index is 1.53. The minimum absolute atomic E-state index is 0.0553. The summed E-state index contributed by atoms with van der Waals surface area (Å²) in [5.74, 6) is 0.0513. The third-order valence-corrected chi connectivity index (χ3v) is 5.58. The fourth-order valence-electron chi connectivity index (χ4n) is 3.84. The van der Waals surface area contributed by atoms with E-state index in [1.165, 1.54) is 6.92 Å². The van der Waals surface area contributed by atoms with Gasteiger partial charge >= 0.3 is 18.0 Å². The monoisotopic (exact) mass is 420 g/mol. The fourth-order valence-corrected chi connectivity index (χ4v) is 3.84. The van der Waals surface area contributed by atoms with E-state index in [0.717, 1.165) is 10.8 Å². The van der Waals surface area contributed by atoms with Gasteiger partial charge in [0.05, 0.1) is 0 Å². The van der Waals surface area contributed by atoms with Crippen LogP contribution in [0.15, 0.2) is 66.7 Å². The number of rotatable bonds is 5. The molecule has 2 atom stereocenters. The number of ether oxygens (including phenoxy) is 1. The lowest BCUT2D eigenvalue weighted by molar-refractivity contribution is -0.773. The lowest BCUT2D eigenvalue weighted by Gasteiger charge is -2.26. The first-order chi connectivity index (χ1) is 14.7. The molecule has 4 rings (SSSR count). The number of aliphatic carboxylic acids is 1. The van der Waals surface area contributed by atoms with Crippen LogP contribution < -0.4 is 15.8 Å². The van der Waals surface area contributed by atoms with Crippen molar-refractivity contribution in [1.82, 2.24) is 5.32 Å². The van der Waals surface area contributed by atoms with Gasteiger partial charge in [-0.1, -0.05) is 30.3 Å². The normalized spacial score (nSPS) is 22.8. The van der Waals surface area contributed by atoms with Gasteiger partial charge in [0, 0.05) is 5.56 Å². The summed E-state index contributed by atoms with van der Waals surface area (Å²) in [4.78, 5) is 36.3. The van der Waals surface area contributed by atoms with Gasteiger partial charge in [0.2, 0.25) is 0 Å². The van der Waals surface area contributed by atoms with Gasteiger partial charge in [-0.3, -0.25) is 5.32 Å². The third-order valence-electron chi connectivity index (χ3n) is 5.58. The van der Waals surface area contributed by atoms with Crippen LogP contribution in [0.2, 0.25) is 0 Å². The summed E-state index contributed by atoms with van der Waals surface area (Å²) in [5, 5.41) is 14.0. The molecule has 1 fully saturated rings. The van der Waals surface area contributed by atoms with E-state index in [-0.39, 0.29) is 13.1 Å². The molecule has 8 nitrogen and oxygen atoms in total. The molecule has 31 heavy (non-hydrogen) atoms. The van der Waals surface area contributed by atoms with Gasteiger partial charge in [0.15, 0.2) is 5.54 Å². The molecule has 1 saturated heterocycles. The Bertz CT molecular complexity index is 1190. The summed E-state index contributed by atoms with van der Waals surface area (Å²) in [6, 6.07) is 19.0. The molecule has 0 radical (unpaired) electrons. The van der Waals surface area contributed by atoms with Gasteiger partial charge in [0.1, 0.15) is 24.6 Å². The van der Waals surface area contributed by atoms with Crippen LogP contribution in [0.1, 0.15) is 12.5 Å². The number of benzene rings is 3. The van der Waals surface area contributed by atoms with E-state index in [4.69, 9.17) is 10.5 Å². The van der Waals surface area contributed by atoms with E-state index >= 15 is 0 Å². The van der Waals surface area contributed by atoms with Gasteiger partial charge in [-0.15, -0.1) is 0 Å². The van der Waals surface area contributed by atoms with E-state index in [2.05, 4.69) is 5.32 Å². The molecule has 0 saturated carbocycles. The van der Waals surface area contributed by atoms with Crippen LogP contribution in [-0.2, 0) is 11.3 Å². The Hall–Kier alpha value is -3.91. The number of carboxylic acids is 1. The molecule has 1 aliphatic rings. The predicted octanol–water partition coefficient (Wildman–Crippen LogP) is 3.59. The van der Waals surface area contributed by atoms with Gasteiger partial charge in [-0.05, 0) is 54.1 Å². The Kier molecular flexibility index (Phi) is 4.87. The number of quaternary nitrogens is 1. The van der Waals surface area contributed by atoms with Crippen LogP contribution in [0.3, 0.4) is 0 Å². The number of primary amides is 1. The molecule has 1 unspecified atom stereocenters. The number of hydrogen-bond donors (Lipinski definition) is 3. The Morgan fingerprint density at radius 3 is 2.32 bits per heavy atom. The molecule has 0 aliphatic carbocycles. The molecule has 4 N–H and O–H groups in total. The van der Waals surface area contributed by atoms with E-state index < -0.39 is 28.1 Å². The second-order valence-corrected chi connectivity index (χ2v) is 7.94. The van der Waals surface area contributed by atoms with Crippen LogP contribution >= 0.6 is 0 Å². The summed E-state index contributed by atoms with van der Waals surface area (Å²) in [7, 11) is 0. The van der Waals surface area contributed by atoms with Gasteiger partial charge in [0.25, 0.3) is 0 Å². The van der Waals surface area contributed by atoms with Gasteiger partial charge in [-0.25, -0.2) is 14.4 Å². The van der Waals surface area contributed by atoms with E-state index in [0.29, 0.717) is 17.1 Å². The topological polar surface area (TPSA) is 119 Å². The van der Waals surface area contributed by atoms with Gasteiger partial charge in [-0.2, -0.15) is 4.48 Å². The van der Waals surface area contributed by atoms with Crippen molar-refractivity contribution >= 4 is 28.8 Å². The molecule has 3 aromatic rings. The predicted molar refractivity (Wildman–Crippen MR) is 113 cm³/mol. The van der Waals surface area contributed by atoms with Crippen LogP contribution in [0.5, 0.6) is 11.5 Å². The number of hydrogen-bond acceptors (Lipinski definition) is 4. The molecule has 0 bridgehead atoms. The molecule has 158 valence electrons. The van der Waals surface area contributed by atoms with Crippen molar-refractivity contribution in [2.75, 3.05) is 6.54 Å². The summed E-state index contributed by atoms with van der Waals surface area (Å²) in [6.07, 6.45) is 0. The Morgan fingerprint density at radius 1 is 1.06 bits per heavy atom. The van der Waals surface area contributed by atoms with E-state index in [1.807, 2.05) is 42.5 Å². The van der Waals surface area contributed by atoms with E-state index in [9.17, 15) is 19.5 Å². The second-order valence-electron chi connectivity index (χ2n) is 7.94. The van der Waals surface area contributed by atoms with Gasteiger partial charge < -0.3 is 15.6 Å². The third kappa shape index (κ3) is 3.69. The standard InChI is InChI=1S/C23H21N3O5/c1-23(20(27)28)14-26(21(24)29,22(30)25-23)13-15-6-9-18(10-7-15)31-19-11-8-16-4-2-3-5-17(16)12-19/h2-12H,13-14H2,1H3,(H3-,24,25,27,28,29,30)/p+1/t23-,26?/m1/s1. The number of urea groups is 2. The van der Waals surface area contributed by atoms with Crippen molar-refractivity contribution in [2.24, 2.45) is 5.73 Å². The summed E-state index contributed by atoms with van der Waals surface area (Å²) >= 11 is 0. The maximum absolute atomic E-state index is 12.5.